The molecule has 11 heteroatoms. The zero-order chi connectivity index (χ0) is 20.2. The number of aliphatic carboxylic acids is 1. The molecule has 0 radical (unpaired) electrons. The van der Waals surface area contributed by atoms with Gasteiger partial charge in [0.2, 0.25) is 11.8 Å². The van der Waals surface area contributed by atoms with Gasteiger partial charge < -0.3 is 35.4 Å². The summed E-state index contributed by atoms with van der Waals surface area (Å²) >= 11 is 0. The lowest BCUT2D eigenvalue weighted by molar-refractivity contribution is -0.283. The first-order chi connectivity index (χ1) is 11.9. The van der Waals surface area contributed by atoms with Gasteiger partial charge in [-0.25, -0.2) is 4.79 Å². The minimum absolute atomic E-state index is 0.551. The van der Waals surface area contributed by atoms with Gasteiger partial charge in [-0.1, -0.05) is 0 Å². The highest BCUT2D eigenvalue weighted by molar-refractivity contribution is 5.76. The van der Waals surface area contributed by atoms with Crippen molar-refractivity contribution in [1.82, 2.24) is 10.6 Å². The van der Waals surface area contributed by atoms with Crippen LogP contribution in [0.3, 0.4) is 0 Å². The van der Waals surface area contributed by atoms with Crippen LogP contribution >= 0.6 is 0 Å². The van der Waals surface area contributed by atoms with Crippen molar-refractivity contribution in [3.8, 4) is 0 Å². The van der Waals surface area contributed by atoms with Crippen molar-refractivity contribution < 1.29 is 44.0 Å². The zero-order valence-corrected chi connectivity index (χ0v) is 14.9. The molecule has 2 unspecified atom stereocenters. The molecule has 26 heavy (non-hydrogen) atoms. The summed E-state index contributed by atoms with van der Waals surface area (Å²) in [6.07, 6.45) is -4.62. The summed E-state index contributed by atoms with van der Waals surface area (Å²) in [7, 11) is 0. The topological polar surface area (TPSA) is 171 Å². The highest BCUT2D eigenvalue weighted by Gasteiger charge is 2.54. The van der Waals surface area contributed by atoms with Crippen molar-refractivity contribution in [3.63, 3.8) is 0 Å². The molecule has 1 aliphatic rings. The molecule has 1 saturated heterocycles. The summed E-state index contributed by atoms with van der Waals surface area (Å²) < 4.78 is 10.3. The second-order valence-electron chi connectivity index (χ2n) is 6.21. The van der Waals surface area contributed by atoms with E-state index in [-0.39, 0.29) is 0 Å². The third kappa shape index (κ3) is 5.38. The standard InChI is InChI=1S/C15H24N2O9/c1-6(25-9(4)20)11(16-7(2)18)13-12(17-8(3)19)10(21)5-15(24,26-13)14(22)23/h6,10-13,21,24H,5H2,1-4H3,(H,16,18)(H,17,19)(H,22,23)/t6-,10-,11-,12?,13-,15?/m0/s1. The fourth-order valence-corrected chi connectivity index (χ4v) is 2.86. The number of carboxylic acid groups (broad SMARTS) is 1. The molecule has 0 bridgehead atoms. The smallest absolute Gasteiger partial charge is 0.364 e. The van der Waals surface area contributed by atoms with E-state index < -0.39 is 66.4 Å². The number of aliphatic hydroxyl groups excluding tert-OH is 1. The van der Waals surface area contributed by atoms with E-state index in [2.05, 4.69) is 10.6 Å². The van der Waals surface area contributed by atoms with E-state index in [1.165, 1.54) is 20.8 Å². The molecule has 6 atom stereocenters. The van der Waals surface area contributed by atoms with Crippen LogP contribution in [0.2, 0.25) is 0 Å². The van der Waals surface area contributed by atoms with Gasteiger partial charge in [0.05, 0.1) is 18.2 Å². The van der Waals surface area contributed by atoms with Crippen LogP contribution in [0.15, 0.2) is 0 Å². The van der Waals surface area contributed by atoms with Crippen molar-refractivity contribution in [3.05, 3.63) is 0 Å². The van der Waals surface area contributed by atoms with Crippen LogP contribution in [0, 0.1) is 0 Å². The van der Waals surface area contributed by atoms with Gasteiger partial charge in [-0.3, -0.25) is 14.4 Å². The summed E-state index contributed by atoms with van der Waals surface area (Å²) in [5.41, 5.74) is 0. The Morgan fingerprint density at radius 2 is 1.77 bits per heavy atom. The molecule has 1 heterocycles. The summed E-state index contributed by atoms with van der Waals surface area (Å²) in [5, 5.41) is 34.5. The molecule has 11 nitrogen and oxygen atoms in total. The van der Waals surface area contributed by atoms with Gasteiger partial charge in [0.15, 0.2) is 0 Å². The van der Waals surface area contributed by atoms with Gasteiger partial charge in [-0.05, 0) is 6.92 Å². The highest BCUT2D eigenvalue weighted by atomic mass is 16.7. The number of hydrogen-bond acceptors (Lipinski definition) is 8. The lowest BCUT2D eigenvalue weighted by Crippen LogP contribution is -2.69. The Labute approximate surface area is 149 Å². The SMILES string of the molecule is CC(=O)NC1[C@H]([C@@H](NC(C)=O)[C@H](C)OC(C)=O)OC(O)(C(=O)O)C[C@@H]1O. The van der Waals surface area contributed by atoms with Crippen LogP contribution in [0.25, 0.3) is 0 Å². The first-order valence-corrected chi connectivity index (χ1v) is 7.90. The third-order valence-electron chi connectivity index (χ3n) is 3.87. The number of hydrogen-bond donors (Lipinski definition) is 5. The lowest BCUT2D eigenvalue weighted by Gasteiger charge is -2.46. The van der Waals surface area contributed by atoms with Crippen molar-refractivity contribution in [2.75, 3.05) is 0 Å². The van der Waals surface area contributed by atoms with E-state index in [1.807, 2.05) is 0 Å². The van der Waals surface area contributed by atoms with Crippen molar-refractivity contribution in [2.45, 2.75) is 70.3 Å². The number of carboxylic acids is 1. The Morgan fingerprint density at radius 3 is 2.19 bits per heavy atom. The first-order valence-electron chi connectivity index (χ1n) is 7.90. The fourth-order valence-electron chi connectivity index (χ4n) is 2.86. The largest absolute Gasteiger partial charge is 0.477 e. The molecule has 0 saturated carbocycles. The van der Waals surface area contributed by atoms with E-state index >= 15 is 0 Å². The molecule has 1 rings (SSSR count). The maximum Gasteiger partial charge on any atom is 0.364 e. The summed E-state index contributed by atoms with van der Waals surface area (Å²) in [6, 6.07) is -2.32. The van der Waals surface area contributed by atoms with Crippen LogP contribution in [0.4, 0.5) is 0 Å². The minimum Gasteiger partial charge on any atom is -0.477 e. The molecule has 0 aliphatic carbocycles. The molecule has 0 spiro atoms. The van der Waals surface area contributed by atoms with Gasteiger partial charge in [0.1, 0.15) is 12.2 Å². The Kier molecular flexibility index (Phi) is 7.07. The molecule has 1 aliphatic heterocycles. The summed E-state index contributed by atoms with van der Waals surface area (Å²) in [5.74, 6) is -6.27. The number of carbonyl (C=O) groups is 4. The molecule has 2 amide bonds. The Bertz CT molecular complexity index is 581. The Balaban J connectivity index is 3.30. The van der Waals surface area contributed by atoms with Gasteiger partial charge in [0, 0.05) is 27.2 Å². The molecule has 5 N–H and O–H groups in total. The number of nitrogens with one attached hydrogen (secondary N) is 2. The molecular weight excluding hydrogens is 352 g/mol. The maximum absolute atomic E-state index is 11.6. The molecule has 0 aromatic rings. The number of ether oxygens (including phenoxy) is 2. The minimum atomic E-state index is -2.74. The molecule has 148 valence electrons. The number of carbonyl (C=O) groups excluding carboxylic acids is 3. The molecular formula is C15H24N2O9. The van der Waals surface area contributed by atoms with E-state index in [0.717, 1.165) is 6.92 Å². The average molecular weight is 376 g/mol. The van der Waals surface area contributed by atoms with Crippen LogP contribution in [0.5, 0.6) is 0 Å². The van der Waals surface area contributed by atoms with Gasteiger partial charge in [-0.2, -0.15) is 0 Å². The van der Waals surface area contributed by atoms with Crippen LogP contribution in [-0.4, -0.2) is 75.3 Å². The van der Waals surface area contributed by atoms with Crippen molar-refractivity contribution >= 4 is 23.8 Å². The molecule has 1 fully saturated rings. The van der Waals surface area contributed by atoms with Gasteiger partial charge in [0.25, 0.3) is 5.79 Å². The quantitative estimate of drug-likeness (QED) is 0.325. The maximum atomic E-state index is 11.6. The van der Waals surface area contributed by atoms with E-state index in [0.29, 0.717) is 0 Å². The van der Waals surface area contributed by atoms with Crippen LogP contribution < -0.4 is 10.6 Å². The zero-order valence-electron chi connectivity index (χ0n) is 14.9. The normalized spacial score (nSPS) is 30.6. The predicted molar refractivity (Wildman–Crippen MR) is 84.5 cm³/mol. The number of rotatable bonds is 6. The van der Waals surface area contributed by atoms with Gasteiger partial charge >= 0.3 is 11.9 Å². The lowest BCUT2D eigenvalue weighted by atomic mass is 9.87. The molecule has 0 aromatic heterocycles. The van der Waals surface area contributed by atoms with Crippen LogP contribution in [-0.2, 0) is 28.7 Å². The van der Waals surface area contributed by atoms with E-state index in [4.69, 9.17) is 9.47 Å². The van der Waals surface area contributed by atoms with Gasteiger partial charge in [-0.15, -0.1) is 0 Å². The van der Waals surface area contributed by atoms with Crippen LogP contribution in [0.1, 0.15) is 34.1 Å². The Morgan fingerprint density at radius 1 is 1.19 bits per heavy atom. The Hall–Kier alpha value is -2.24. The molecule has 0 aromatic carbocycles. The monoisotopic (exact) mass is 376 g/mol. The van der Waals surface area contributed by atoms with Crippen molar-refractivity contribution in [2.24, 2.45) is 0 Å². The third-order valence-corrected chi connectivity index (χ3v) is 3.87. The highest BCUT2D eigenvalue weighted by Crippen LogP contribution is 2.31. The summed E-state index contributed by atoms with van der Waals surface area (Å²) in [6.45, 7) is 4.89. The summed E-state index contributed by atoms with van der Waals surface area (Å²) in [4.78, 5) is 45.6. The number of esters is 1. The number of aliphatic hydroxyl groups is 2. The van der Waals surface area contributed by atoms with E-state index in [1.54, 1.807) is 0 Å². The van der Waals surface area contributed by atoms with E-state index in [9.17, 15) is 34.5 Å². The fraction of sp³-hybridized carbons (Fsp3) is 0.733. The second-order valence-corrected chi connectivity index (χ2v) is 6.21. The first kappa shape index (κ1) is 21.8. The van der Waals surface area contributed by atoms with Crippen molar-refractivity contribution in [1.29, 1.82) is 0 Å². The second kappa shape index (κ2) is 8.43. The average Bonchev–Trinajstić information content (AvgIpc) is 2.46. The predicted octanol–water partition coefficient (Wildman–Crippen LogP) is -2.13. The number of amides is 2.